The Morgan fingerprint density at radius 1 is 0.636 bits per heavy atom. The van der Waals surface area contributed by atoms with Crippen LogP contribution in [0.4, 0.5) is 0 Å². The van der Waals surface area contributed by atoms with Crippen molar-refractivity contribution in [3.63, 3.8) is 0 Å². The summed E-state index contributed by atoms with van der Waals surface area (Å²) in [5.41, 5.74) is 7.36. The second-order valence-corrected chi connectivity index (χ2v) is 12.8. The highest BCUT2D eigenvalue weighted by Gasteiger charge is 2.25. The normalized spacial score (nSPS) is 14.4. The molecule has 4 aromatic rings. The van der Waals surface area contributed by atoms with Gasteiger partial charge >= 0.3 is 5.97 Å². The average molecular weight is 591 g/mol. The van der Waals surface area contributed by atoms with Crippen LogP contribution in [0, 0.1) is 5.92 Å². The third kappa shape index (κ3) is 9.16. The molecule has 0 aromatic heterocycles. The maximum absolute atomic E-state index is 12.4. The lowest BCUT2D eigenvalue weighted by Crippen LogP contribution is -2.32. The van der Waals surface area contributed by atoms with Crippen LogP contribution in [0.3, 0.4) is 0 Å². The number of carbonyl (C=O) groups excluding carboxylic acids is 1. The van der Waals surface area contributed by atoms with Crippen LogP contribution < -0.4 is 0 Å². The van der Waals surface area contributed by atoms with Crippen molar-refractivity contribution in [2.45, 2.75) is 84.2 Å². The Hall–Kier alpha value is -3.69. The summed E-state index contributed by atoms with van der Waals surface area (Å²) in [5, 5.41) is 0. The van der Waals surface area contributed by atoms with Gasteiger partial charge in [-0.1, -0.05) is 137 Å². The SMILES string of the molecule is CCC(C)C(=O)OC(C)(C)CCOCCC(c1ccccc1)c1cc(C(C)c2ccccc2)cc(C(C)c2ccccc2)c1. The minimum atomic E-state index is -0.552. The van der Waals surface area contributed by atoms with Gasteiger partial charge in [-0.15, -0.1) is 0 Å². The van der Waals surface area contributed by atoms with Gasteiger partial charge in [0.1, 0.15) is 5.60 Å². The first-order valence-corrected chi connectivity index (χ1v) is 16.3. The standard InChI is InChI=1S/C41H50O3/c1-7-30(2)40(42)44-41(5,6)24-26-43-25-23-39(35-21-15-10-16-22-35)38-28-36(31(3)33-17-11-8-12-18-33)27-37(29-38)32(4)34-19-13-9-14-20-34/h8-22,27-32,39H,7,23-26H2,1-6H3. The summed E-state index contributed by atoms with van der Waals surface area (Å²) in [7, 11) is 0. The Morgan fingerprint density at radius 2 is 1.09 bits per heavy atom. The van der Waals surface area contributed by atoms with E-state index in [9.17, 15) is 4.79 Å². The van der Waals surface area contributed by atoms with Crippen LogP contribution in [0.2, 0.25) is 0 Å². The third-order valence-corrected chi connectivity index (χ3v) is 8.99. The van der Waals surface area contributed by atoms with Crippen LogP contribution in [0.15, 0.2) is 109 Å². The highest BCUT2D eigenvalue weighted by atomic mass is 16.6. The zero-order valence-corrected chi connectivity index (χ0v) is 27.5. The van der Waals surface area contributed by atoms with Crippen molar-refractivity contribution in [3.8, 4) is 0 Å². The Morgan fingerprint density at radius 3 is 1.57 bits per heavy atom. The quantitative estimate of drug-likeness (QED) is 0.102. The molecule has 0 heterocycles. The molecule has 0 N–H and O–H groups in total. The number of ether oxygens (including phenoxy) is 2. The van der Waals surface area contributed by atoms with Crippen LogP contribution in [0.1, 0.15) is 112 Å². The lowest BCUT2D eigenvalue weighted by Gasteiger charge is -2.27. The van der Waals surface area contributed by atoms with Gasteiger partial charge in [0.15, 0.2) is 0 Å². The van der Waals surface area contributed by atoms with Crippen molar-refractivity contribution in [2.75, 3.05) is 13.2 Å². The average Bonchev–Trinajstić information content (AvgIpc) is 3.06. The molecule has 0 saturated heterocycles. The lowest BCUT2D eigenvalue weighted by molar-refractivity contribution is -0.162. The fraction of sp³-hybridized carbons (Fsp3) is 0.390. The Kier molecular flexibility index (Phi) is 12.0. The fourth-order valence-electron chi connectivity index (χ4n) is 5.69. The second kappa shape index (κ2) is 15.9. The zero-order valence-electron chi connectivity index (χ0n) is 27.5. The van der Waals surface area contributed by atoms with Crippen LogP contribution in [-0.4, -0.2) is 24.8 Å². The largest absolute Gasteiger partial charge is 0.459 e. The molecule has 0 radical (unpaired) electrons. The van der Waals surface area contributed by atoms with E-state index >= 15 is 0 Å². The van der Waals surface area contributed by atoms with Crippen molar-refractivity contribution < 1.29 is 14.3 Å². The molecule has 44 heavy (non-hydrogen) atoms. The van der Waals surface area contributed by atoms with Crippen molar-refractivity contribution in [2.24, 2.45) is 5.92 Å². The highest BCUT2D eigenvalue weighted by molar-refractivity contribution is 5.72. The summed E-state index contributed by atoms with van der Waals surface area (Å²) in [5.74, 6) is 0.511. The maximum atomic E-state index is 12.4. The van der Waals surface area contributed by atoms with Gasteiger partial charge in [-0.2, -0.15) is 0 Å². The monoisotopic (exact) mass is 590 g/mol. The first kappa shape index (κ1) is 33.2. The molecule has 0 fully saturated rings. The van der Waals surface area contributed by atoms with Crippen molar-refractivity contribution in [1.82, 2.24) is 0 Å². The van der Waals surface area contributed by atoms with Gasteiger partial charge in [-0.05, 0) is 60.1 Å². The van der Waals surface area contributed by atoms with Crippen LogP contribution in [-0.2, 0) is 14.3 Å². The summed E-state index contributed by atoms with van der Waals surface area (Å²) in [6.07, 6.45) is 2.30. The molecule has 4 aromatic carbocycles. The molecule has 0 amide bonds. The summed E-state index contributed by atoms with van der Waals surface area (Å²) < 4.78 is 12.0. The smallest absolute Gasteiger partial charge is 0.309 e. The summed E-state index contributed by atoms with van der Waals surface area (Å²) in [6, 6.07) is 39.6. The van der Waals surface area contributed by atoms with E-state index in [0.717, 1.165) is 12.8 Å². The van der Waals surface area contributed by atoms with Crippen molar-refractivity contribution in [1.29, 1.82) is 0 Å². The molecule has 3 nitrogen and oxygen atoms in total. The predicted molar refractivity (Wildman–Crippen MR) is 182 cm³/mol. The first-order chi connectivity index (χ1) is 21.2. The summed E-state index contributed by atoms with van der Waals surface area (Å²) in [4.78, 5) is 12.4. The molecule has 232 valence electrons. The molecular formula is C41H50O3. The zero-order chi connectivity index (χ0) is 31.5. The number of hydrogen-bond donors (Lipinski definition) is 0. The summed E-state index contributed by atoms with van der Waals surface area (Å²) in [6.45, 7) is 13.6. The molecule has 0 aliphatic carbocycles. The van der Waals surface area contributed by atoms with Gasteiger partial charge in [0.25, 0.3) is 0 Å². The van der Waals surface area contributed by atoms with Gasteiger partial charge < -0.3 is 9.47 Å². The highest BCUT2D eigenvalue weighted by Crippen LogP contribution is 2.36. The van der Waals surface area contributed by atoms with E-state index in [2.05, 4.69) is 123 Å². The number of carbonyl (C=O) groups is 1. The molecule has 4 atom stereocenters. The molecule has 4 rings (SSSR count). The fourth-order valence-corrected chi connectivity index (χ4v) is 5.69. The Balaban J connectivity index is 1.58. The molecule has 0 bridgehead atoms. The van der Waals surface area contributed by atoms with E-state index in [0.29, 0.717) is 19.6 Å². The third-order valence-electron chi connectivity index (χ3n) is 8.99. The van der Waals surface area contributed by atoms with E-state index in [1.807, 2.05) is 27.7 Å². The first-order valence-electron chi connectivity index (χ1n) is 16.3. The summed E-state index contributed by atoms with van der Waals surface area (Å²) >= 11 is 0. The molecule has 0 saturated carbocycles. The number of benzene rings is 4. The van der Waals surface area contributed by atoms with E-state index in [-0.39, 0.29) is 29.6 Å². The van der Waals surface area contributed by atoms with Gasteiger partial charge in [-0.25, -0.2) is 0 Å². The van der Waals surface area contributed by atoms with Crippen LogP contribution >= 0.6 is 0 Å². The van der Waals surface area contributed by atoms with Crippen LogP contribution in [0.25, 0.3) is 0 Å². The van der Waals surface area contributed by atoms with E-state index in [1.54, 1.807) is 0 Å². The van der Waals surface area contributed by atoms with Gasteiger partial charge in [0, 0.05) is 30.8 Å². The van der Waals surface area contributed by atoms with Gasteiger partial charge in [0.05, 0.1) is 12.5 Å². The van der Waals surface area contributed by atoms with E-state index in [1.165, 1.54) is 33.4 Å². The molecule has 0 aliphatic rings. The number of hydrogen-bond acceptors (Lipinski definition) is 3. The predicted octanol–water partition coefficient (Wildman–Crippen LogP) is 10.3. The molecule has 0 spiro atoms. The second-order valence-electron chi connectivity index (χ2n) is 12.8. The Bertz CT molecular complexity index is 1370. The molecule has 4 unspecified atom stereocenters. The van der Waals surface area contributed by atoms with E-state index in [4.69, 9.17) is 9.47 Å². The molecule has 3 heteroatoms. The van der Waals surface area contributed by atoms with Crippen molar-refractivity contribution in [3.05, 3.63) is 143 Å². The minimum Gasteiger partial charge on any atom is -0.459 e. The molecule has 0 aliphatic heterocycles. The maximum Gasteiger partial charge on any atom is 0.309 e. The number of esters is 1. The van der Waals surface area contributed by atoms with Crippen LogP contribution in [0.5, 0.6) is 0 Å². The topological polar surface area (TPSA) is 35.5 Å². The molecular weight excluding hydrogens is 540 g/mol. The van der Waals surface area contributed by atoms with Gasteiger partial charge in [0.2, 0.25) is 0 Å². The lowest BCUT2D eigenvalue weighted by atomic mass is 9.81. The van der Waals surface area contributed by atoms with E-state index < -0.39 is 5.60 Å². The minimum absolute atomic E-state index is 0.0864. The van der Waals surface area contributed by atoms with Gasteiger partial charge in [-0.3, -0.25) is 4.79 Å². The number of rotatable bonds is 15. The Labute approximate surface area is 265 Å². The van der Waals surface area contributed by atoms with Crippen molar-refractivity contribution >= 4 is 5.97 Å².